The fourth-order valence-corrected chi connectivity index (χ4v) is 3.21. The molecule has 3 aromatic rings. The second-order valence-electron chi connectivity index (χ2n) is 8.30. The number of methoxy groups -OCH3 is 1. The summed E-state index contributed by atoms with van der Waals surface area (Å²) in [6, 6.07) is 11.6. The summed E-state index contributed by atoms with van der Waals surface area (Å²) in [5, 5.41) is 9.21. The Morgan fingerprint density at radius 3 is 2.32 bits per heavy atom. The van der Waals surface area contributed by atoms with Gasteiger partial charge in [-0.3, -0.25) is 4.79 Å². The molecule has 7 heteroatoms. The molecule has 3 rings (SSSR count). The van der Waals surface area contributed by atoms with Gasteiger partial charge in [-0.1, -0.05) is 39.0 Å². The minimum absolute atomic E-state index is 0.102. The SMILES string of the molecule is CNC(=O)c1cnc(Nc2ccc(C)cn2)cc1Nc1cccc(C(C)(C)C)c1OC. The lowest BCUT2D eigenvalue weighted by Crippen LogP contribution is -2.20. The van der Waals surface area contributed by atoms with Crippen molar-refractivity contribution >= 4 is 28.9 Å². The van der Waals surface area contributed by atoms with Gasteiger partial charge in [0.25, 0.3) is 5.91 Å². The average Bonchev–Trinajstić information content (AvgIpc) is 2.74. The molecule has 1 aromatic carbocycles. The van der Waals surface area contributed by atoms with E-state index < -0.39 is 0 Å². The van der Waals surface area contributed by atoms with Crippen LogP contribution in [-0.2, 0) is 5.41 Å². The molecule has 2 aromatic heterocycles. The normalized spacial score (nSPS) is 11.0. The number of carbonyl (C=O) groups is 1. The standard InChI is InChI=1S/C24H29N5O2/c1-15-10-11-20(26-13-15)29-21-12-19(16(14-27-21)23(30)25-5)28-18-9-7-8-17(22(18)31-6)24(2,3)4/h7-14H,1-6H3,(H,25,30)(H2,26,27,28,29). The van der Waals surface area contributed by atoms with Crippen LogP contribution in [0, 0.1) is 6.92 Å². The van der Waals surface area contributed by atoms with Crippen LogP contribution in [0.4, 0.5) is 23.0 Å². The number of rotatable bonds is 6. The van der Waals surface area contributed by atoms with E-state index in [0.29, 0.717) is 22.9 Å². The number of nitrogens with one attached hydrogen (secondary N) is 3. The van der Waals surface area contributed by atoms with Crippen molar-refractivity contribution in [3.8, 4) is 5.75 Å². The van der Waals surface area contributed by atoms with Crippen LogP contribution in [0.5, 0.6) is 5.75 Å². The smallest absolute Gasteiger partial charge is 0.254 e. The summed E-state index contributed by atoms with van der Waals surface area (Å²) in [5.41, 5.74) is 3.83. The Labute approximate surface area is 183 Å². The zero-order valence-corrected chi connectivity index (χ0v) is 18.8. The molecule has 0 radical (unpaired) electrons. The number of nitrogens with zero attached hydrogens (tertiary/aromatic N) is 2. The first-order chi connectivity index (χ1) is 14.7. The van der Waals surface area contributed by atoms with Crippen molar-refractivity contribution in [3.63, 3.8) is 0 Å². The molecule has 0 unspecified atom stereocenters. The summed E-state index contributed by atoms with van der Waals surface area (Å²) in [5.74, 6) is 1.74. The highest BCUT2D eigenvalue weighted by Gasteiger charge is 2.22. The first-order valence-electron chi connectivity index (χ1n) is 10.1. The van der Waals surface area contributed by atoms with Gasteiger partial charge in [0.05, 0.1) is 24.0 Å². The Bertz CT molecular complexity index is 1070. The third kappa shape index (κ3) is 5.12. The molecule has 0 fully saturated rings. The Balaban J connectivity index is 2.02. The number of amides is 1. The van der Waals surface area contributed by atoms with Crippen LogP contribution in [0.1, 0.15) is 42.3 Å². The molecule has 0 saturated carbocycles. The number of aromatic nitrogens is 2. The number of aryl methyl sites for hydroxylation is 1. The molecule has 0 spiro atoms. The number of hydrogen-bond donors (Lipinski definition) is 3. The van der Waals surface area contributed by atoms with Gasteiger partial charge in [0.2, 0.25) is 0 Å². The minimum Gasteiger partial charge on any atom is -0.494 e. The fourth-order valence-electron chi connectivity index (χ4n) is 3.21. The highest BCUT2D eigenvalue weighted by molar-refractivity contribution is 6.00. The highest BCUT2D eigenvalue weighted by atomic mass is 16.5. The van der Waals surface area contributed by atoms with Crippen molar-refractivity contribution in [2.45, 2.75) is 33.1 Å². The molecule has 2 heterocycles. The molecule has 3 N–H and O–H groups in total. The third-order valence-electron chi connectivity index (χ3n) is 4.84. The lowest BCUT2D eigenvalue weighted by atomic mass is 9.86. The van der Waals surface area contributed by atoms with E-state index in [2.05, 4.69) is 46.7 Å². The van der Waals surface area contributed by atoms with Crippen LogP contribution in [0.15, 0.2) is 48.8 Å². The van der Waals surface area contributed by atoms with E-state index in [1.54, 1.807) is 26.4 Å². The number of anilines is 4. The molecular weight excluding hydrogens is 390 g/mol. The second kappa shape index (κ2) is 9.04. The summed E-state index contributed by atoms with van der Waals surface area (Å²) in [7, 11) is 3.24. The Kier molecular flexibility index (Phi) is 6.44. The lowest BCUT2D eigenvalue weighted by molar-refractivity contribution is 0.0963. The van der Waals surface area contributed by atoms with E-state index in [9.17, 15) is 4.79 Å². The van der Waals surface area contributed by atoms with Crippen molar-refractivity contribution < 1.29 is 9.53 Å². The molecule has 162 valence electrons. The van der Waals surface area contributed by atoms with Crippen molar-refractivity contribution in [2.24, 2.45) is 0 Å². The molecule has 0 bridgehead atoms. The van der Waals surface area contributed by atoms with Gasteiger partial charge in [-0.2, -0.15) is 0 Å². The maximum atomic E-state index is 12.5. The first kappa shape index (κ1) is 22.1. The van der Waals surface area contributed by atoms with Gasteiger partial charge in [0, 0.05) is 31.1 Å². The van der Waals surface area contributed by atoms with Gasteiger partial charge >= 0.3 is 0 Å². The average molecular weight is 420 g/mol. The maximum absolute atomic E-state index is 12.5. The van der Waals surface area contributed by atoms with Gasteiger partial charge in [-0.05, 0) is 30.0 Å². The van der Waals surface area contributed by atoms with Crippen LogP contribution in [-0.4, -0.2) is 30.0 Å². The van der Waals surface area contributed by atoms with Crippen LogP contribution in [0.2, 0.25) is 0 Å². The maximum Gasteiger partial charge on any atom is 0.254 e. The van der Waals surface area contributed by atoms with Gasteiger partial charge in [0.15, 0.2) is 0 Å². The second-order valence-corrected chi connectivity index (χ2v) is 8.30. The Morgan fingerprint density at radius 1 is 0.968 bits per heavy atom. The van der Waals surface area contributed by atoms with E-state index in [-0.39, 0.29) is 11.3 Å². The number of para-hydroxylation sites is 1. The van der Waals surface area contributed by atoms with Crippen LogP contribution < -0.4 is 20.7 Å². The molecule has 0 aliphatic carbocycles. The predicted molar refractivity (Wildman–Crippen MR) is 125 cm³/mol. The zero-order chi connectivity index (χ0) is 22.6. The summed E-state index contributed by atoms with van der Waals surface area (Å²) in [4.78, 5) is 21.2. The molecule has 31 heavy (non-hydrogen) atoms. The van der Waals surface area contributed by atoms with Crippen molar-refractivity contribution in [1.82, 2.24) is 15.3 Å². The van der Waals surface area contributed by atoms with Crippen molar-refractivity contribution in [1.29, 1.82) is 0 Å². The van der Waals surface area contributed by atoms with Gasteiger partial charge < -0.3 is 20.7 Å². The number of ether oxygens (including phenoxy) is 1. The first-order valence-corrected chi connectivity index (χ1v) is 10.1. The Hall–Kier alpha value is -3.61. The third-order valence-corrected chi connectivity index (χ3v) is 4.84. The number of hydrogen-bond acceptors (Lipinski definition) is 6. The van der Waals surface area contributed by atoms with E-state index in [1.165, 1.54) is 6.20 Å². The quantitative estimate of drug-likeness (QED) is 0.525. The molecule has 0 atom stereocenters. The van der Waals surface area contributed by atoms with Gasteiger partial charge in [-0.15, -0.1) is 0 Å². The summed E-state index contributed by atoms with van der Waals surface area (Å²) >= 11 is 0. The van der Waals surface area contributed by atoms with Crippen molar-refractivity contribution in [2.75, 3.05) is 24.8 Å². The molecule has 7 nitrogen and oxygen atoms in total. The zero-order valence-electron chi connectivity index (χ0n) is 18.8. The highest BCUT2D eigenvalue weighted by Crippen LogP contribution is 2.38. The largest absolute Gasteiger partial charge is 0.494 e. The Morgan fingerprint density at radius 2 is 1.71 bits per heavy atom. The van der Waals surface area contributed by atoms with Crippen LogP contribution in [0.25, 0.3) is 0 Å². The fraction of sp³-hybridized carbons (Fsp3) is 0.292. The van der Waals surface area contributed by atoms with Gasteiger partial charge in [-0.25, -0.2) is 9.97 Å². The van der Waals surface area contributed by atoms with E-state index in [0.717, 1.165) is 22.6 Å². The van der Waals surface area contributed by atoms with E-state index in [1.807, 2.05) is 37.3 Å². The van der Waals surface area contributed by atoms with Gasteiger partial charge in [0.1, 0.15) is 17.4 Å². The van der Waals surface area contributed by atoms with E-state index >= 15 is 0 Å². The molecule has 0 aliphatic heterocycles. The molecule has 0 aliphatic rings. The molecular formula is C24H29N5O2. The molecule has 0 saturated heterocycles. The number of benzene rings is 1. The van der Waals surface area contributed by atoms with Crippen LogP contribution in [0.3, 0.4) is 0 Å². The summed E-state index contributed by atoms with van der Waals surface area (Å²) in [6.07, 6.45) is 3.32. The lowest BCUT2D eigenvalue weighted by Gasteiger charge is -2.24. The summed E-state index contributed by atoms with van der Waals surface area (Å²) in [6.45, 7) is 8.38. The van der Waals surface area contributed by atoms with Crippen molar-refractivity contribution in [3.05, 3.63) is 65.5 Å². The minimum atomic E-state index is -0.235. The predicted octanol–water partition coefficient (Wildman–Crippen LogP) is 4.94. The number of pyridine rings is 2. The number of carbonyl (C=O) groups excluding carboxylic acids is 1. The van der Waals surface area contributed by atoms with E-state index in [4.69, 9.17) is 4.74 Å². The monoisotopic (exact) mass is 419 g/mol. The topological polar surface area (TPSA) is 88.2 Å². The van der Waals surface area contributed by atoms with Crippen LogP contribution >= 0.6 is 0 Å². The summed E-state index contributed by atoms with van der Waals surface area (Å²) < 4.78 is 5.73. The molecule has 1 amide bonds.